The maximum atomic E-state index is 13.3. The van der Waals surface area contributed by atoms with Crippen LogP contribution in [0.4, 0.5) is 4.39 Å². The van der Waals surface area contributed by atoms with E-state index in [2.05, 4.69) is 5.32 Å². The van der Waals surface area contributed by atoms with E-state index in [-0.39, 0.29) is 24.1 Å². The number of rotatable bonds is 6. The number of nitrogens with two attached hydrogens (primary N) is 1. The summed E-state index contributed by atoms with van der Waals surface area (Å²) in [7, 11) is 0. The monoisotopic (exact) mass is 304 g/mol. The fourth-order valence-electron chi connectivity index (χ4n) is 1.57. The van der Waals surface area contributed by atoms with Crippen LogP contribution in [0.3, 0.4) is 0 Å². The number of amides is 1. The highest BCUT2D eigenvalue weighted by Gasteiger charge is 2.45. The Bertz CT molecular complexity index is 440. The average Bonchev–Trinajstić information content (AvgIpc) is 3.10. The minimum atomic E-state index is -0.601. The van der Waals surface area contributed by atoms with E-state index >= 15 is 0 Å². The molecule has 2 rings (SSSR count). The number of halogens is 2. The quantitative estimate of drug-likeness (QED) is 0.791. The third kappa shape index (κ3) is 4.67. The molecule has 6 heteroatoms. The van der Waals surface area contributed by atoms with Crippen LogP contribution in [0.15, 0.2) is 24.3 Å². The Labute approximate surface area is 122 Å². The van der Waals surface area contributed by atoms with E-state index in [1.54, 1.807) is 23.9 Å². The lowest BCUT2D eigenvalue weighted by atomic mass is 10.2. The molecule has 106 valence electrons. The lowest BCUT2D eigenvalue weighted by Crippen LogP contribution is -2.43. The van der Waals surface area contributed by atoms with Gasteiger partial charge in [-0.1, -0.05) is 18.2 Å². The zero-order valence-electron chi connectivity index (χ0n) is 10.5. The molecule has 1 aromatic carbocycles. The second kappa shape index (κ2) is 7.12. The number of carbonyl (C=O) groups excluding carboxylic acids is 1. The van der Waals surface area contributed by atoms with Crippen LogP contribution in [-0.4, -0.2) is 23.7 Å². The molecule has 0 radical (unpaired) electrons. The molecule has 1 aliphatic rings. The van der Waals surface area contributed by atoms with Crippen molar-refractivity contribution in [2.45, 2.75) is 24.1 Å². The molecule has 0 saturated heterocycles. The molecular weight excluding hydrogens is 287 g/mol. The first-order chi connectivity index (χ1) is 8.62. The maximum absolute atomic E-state index is 13.3. The Balaban J connectivity index is 0.00000180. The second-order valence-corrected chi connectivity index (χ2v) is 5.66. The van der Waals surface area contributed by atoms with Crippen molar-refractivity contribution in [1.82, 2.24) is 5.32 Å². The minimum Gasteiger partial charge on any atom is -0.354 e. The molecule has 1 aromatic rings. The summed E-state index contributed by atoms with van der Waals surface area (Å²) in [5.41, 5.74) is 5.85. The van der Waals surface area contributed by atoms with Crippen molar-refractivity contribution in [2.75, 3.05) is 12.3 Å². The summed E-state index contributed by atoms with van der Waals surface area (Å²) in [5, 5.41) is 2.81. The predicted octanol–water partition coefficient (Wildman–Crippen LogP) is 2.09. The molecule has 0 aliphatic heterocycles. The van der Waals surface area contributed by atoms with Gasteiger partial charge in [-0.15, -0.1) is 12.4 Å². The minimum absolute atomic E-state index is 0. The van der Waals surface area contributed by atoms with Crippen LogP contribution >= 0.6 is 24.2 Å². The van der Waals surface area contributed by atoms with Gasteiger partial charge in [0.1, 0.15) is 5.82 Å². The molecule has 3 nitrogen and oxygen atoms in total. The summed E-state index contributed by atoms with van der Waals surface area (Å²) in [6, 6.07) is 6.75. The number of hydrogen-bond acceptors (Lipinski definition) is 3. The zero-order valence-corrected chi connectivity index (χ0v) is 12.2. The first-order valence-electron chi connectivity index (χ1n) is 6.00. The molecule has 0 atom stereocenters. The van der Waals surface area contributed by atoms with Crippen molar-refractivity contribution in [1.29, 1.82) is 0 Å². The summed E-state index contributed by atoms with van der Waals surface area (Å²) < 4.78 is 13.3. The molecule has 1 amide bonds. The lowest BCUT2D eigenvalue weighted by Gasteiger charge is -2.09. The Hall–Kier alpha value is -0.780. The van der Waals surface area contributed by atoms with Gasteiger partial charge < -0.3 is 11.1 Å². The maximum Gasteiger partial charge on any atom is 0.240 e. The smallest absolute Gasteiger partial charge is 0.240 e. The van der Waals surface area contributed by atoms with Gasteiger partial charge in [0, 0.05) is 18.1 Å². The van der Waals surface area contributed by atoms with Gasteiger partial charge in [-0.05, 0) is 24.5 Å². The van der Waals surface area contributed by atoms with Crippen LogP contribution < -0.4 is 11.1 Å². The van der Waals surface area contributed by atoms with Crippen molar-refractivity contribution in [3.63, 3.8) is 0 Å². The molecule has 0 bridgehead atoms. The van der Waals surface area contributed by atoms with Crippen molar-refractivity contribution in [2.24, 2.45) is 5.73 Å². The molecule has 1 fully saturated rings. The number of benzene rings is 1. The van der Waals surface area contributed by atoms with Gasteiger partial charge in [0.05, 0.1) is 5.54 Å². The van der Waals surface area contributed by atoms with Crippen LogP contribution in [0.5, 0.6) is 0 Å². The Kier molecular flexibility index (Phi) is 6.10. The summed E-state index contributed by atoms with van der Waals surface area (Å²) >= 11 is 1.60. The molecule has 3 N–H and O–H groups in total. The van der Waals surface area contributed by atoms with E-state index in [0.717, 1.165) is 18.6 Å². The van der Waals surface area contributed by atoms with Crippen molar-refractivity contribution in [3.05, 3.63) is 35.6 Å². The third-order valence-electron chi connectivity index (χ3n) is 2.99. The van der Waals surface area contributed by atoms with E-state index in [1.807, 2.05) is 6.07 Å². The molecule has 1 aliphatic carbocycles. The standard InChI is InChI=1S/C13H17FN2OS.ClH/c14-11-4-2-1-3-10(11)9-18-8-7-16-12(17)13(15)5-6-13;/h1-4H,5-9,15H2,(H,16,17);1H. The highest BCUT2D eigenvalue weighted by molar-refractivity contribution is 7.98. The Morgan fingerprint density at radius 2 is 2.11 bits per heavy atom. The van der Waals surface area contributed by atoms with E-state index in [1.165, 1.54) is 6.07 Å². The third-order valence-corrected chi connectivity index (χ3v) is 4.00. The molecule has 0 spiro atoms. The Morgan fingerprint density at radius 3 is 2.74 bits per heavy atom. The highest BCUT2D eigenvalue weighted by Crippen LogP contribution is 2.31. The first-order valence-corrected chi connectivity index (χ1v) is 7.16. The molecule has 0 unspecified atom stereocenters. The molecule has 1 saturated carbocycles. The van der Waals surface area contributed by atoms with Crippen LogP contribution in [0, 0.1) is 5.82 Å². The largest absolute Gasteiger partial charge is 0.354 e. The van der Waals surface area contributed by atoms with Crippen molar-refractivity contribution in [3.8, 4) is 0 Å². The van der Waals surface area contributed by atoms with Crippen LogP contribution in [0.1, 0.15) is 18.4 Å². The highest BCUT2D eigenvalue weighted by atomic mass is 35.5. The van der Waals surface area contributed by atoms with E-state index < -0.39 is 5.54 Å². The van der Waals surface area contributed by atoms with Gasteiger partial charge in [0.25, 0.3) is 0 Å². The van der Waals surface area contributed by atoms with Crippen LogP contribution in [-0.2, 0) is 10.5 Å². The summed E-state index contributed by atoms with van der Waals surface area (Å²) in [5.74, 6) is 1.15. The van der Waals surface area contributed by atoms with Crippen LogP contribution in [0.25, 0.3) is 0 Å². The second-order valence-electron chi connectivity index (χ2n) is 4.56. The summed E-state index contributed by atoms with van der Waals surface area (Å²) in [6.07, 6.45) is 1.56. The molecule has 0 aromatic heterocycles. The fourth-order valence-corrected chi connectivity index (χ4v) is 2.42. The SMILES string of the molecule is Cl.NC1(C(=O)NCCSCc2ccccc2F)CC1. The molecule has 19 heavy (non-hydrogen) atoms. The lowest BCUT2D eigenvalue weighted by molar-refractivity contribution is -0.123. The molecular formula is C13H18ClFN2OS. The van der Waals surface area contributed by atoms with E-state index in [9.17, 15) is 9.18 Å². The van der Waals surface area contributed by atoms with Gasteiger partial charge in [0.2, 0.25) is 5.91 Å². The topological polar surface area (TPSA) is 55.1 Å². The van der Waals surface area contributed by atoms with Gasteiger partial charge >= 0.3 is 0 Å². The predicted molar refractivity (Wildman–Crippen MR) is 79.0 cm³/mol. The first kappa shape index (κ1) is 16.3. The van der Waals surface area contributed by atoms with Crippen molar-refractivity contribution < 1.29 is 9.18 Å². The van der Waals surface area contributed by atoms with Gasteiger partial charge in [-0.3, -0.25) is 4.79 Å². The van der Waals surface area contributed by atoms with Crippen molar-refractivity contribution >= 4 is 30.1 Å². The number of hydrogen-bond donors (Lipinski definition) is 2. The van der Waals surface area contributed by atoms with E-state index in [0.29, 0.717) is 17.9 Å². The number of nitrogens with one attached hydrogen (secondary N) is 1. The summed E-state index contributed by atoms with van der Waals surface area (Å²) in [4.78, 5) is 11.5. The summed E-state index contributed by atoms with van der Waals surface area (Å²) in [6.45, 7) is 0.580. The normalized spacial score (nSPS) is 15.5. The molecule has 0 heterocycles. The van der Waals surface area contributed by atoms with Gasteiger partial charge in [0.15, 0.2) is 0 Å². The fraction of sp³-hybridized carbons (Fsp3) is 0.462. The zero-order chi connectivity index (χ0) is 13.0. The average molecular weight is 305 g/mol. The van der Waals surface area contributed by atoms with Gasteiger partial charge in [-0.2, -0.15) is 11.8 Å². The number of carbonyl (C=O) groups is 1. The van der Waals surface area contributed by atoms with E-state index in [4.69, 9.17) is 5.73 Å². The Morgan fingerprint density at radius 1 is 1.42 bits per heavy atom. The van der Waals surface area contributed by atoms with Crippen LogP contribution in [0.2, 0.25) is 0 Å². The number of thioether (sulfide) groups is 1. The van der Waals surface area contributed by atoms with Gasteiger partial charge in [-0.25, -0.2) is 4.39 Å².